The summed E-state index contributed by atoms with van der Waals surface area (Å²) < 4.78 is 5.57. The van der Waals surface area contributed by atoms with E-state index < -0.39 is 17.7 Å². The number of ketones is 1. The Morgan fingerprint density at radius 3 is 2.31 bits per heavy atom. The molecule has 4 rings (SSSR count). The van der Waals surface area contributed by atoms with E-state index in [0.717, 1.165) is 35.5 Å². The summed E-state index contributed by atoms with van der Waals surface area (Å²) in [7, 11) is 1.52. The number of Topliss-reactive ketones (excluding diaryl/α,β-unsaturated/α-hetero) is 1. The maximum atomic E-state index is 13.6. The summed E-state index contributed by atoms with van der Waals surface area (Å²) in [5.41, 5.74) is 3.77. The largest absolute Gasteiger partial charge is 0.507 e. The highest BCUT2D eigenvalue weighted by molar-refractivity contribution is 6.46. The van der Waals surface area contributed by atoms with Gasteiger partial charge >= 0.3 is 0 Å². The minimum absolute atomic E-state index is 0.0452. The van der Waals surface area contributed by atoms with Crippen LogP contribution in [0.1, 0.15) is 62.9 Å². The summed E-state index contributed by atoms with van der Waals surface area (Å²) in [6.07, 6.45) is 3.34. The quantitative estimate of drug-likeness (QED) is 0.225. The number of amides is 1. The molecule has 3 aromatic rings. The maximum Gasteiger partial charge on any atom is 0.295 e. The Hall–Kier alpha value is -4.13. The molecule has 0 spiro atoms. The average Bonchev–Trinajstić information content (AvgIpc) is 3.18. The van der Waals surface area contributed by atoms with Crippen molar-refractivity contribution < 1.29 is 19.4 Å². The zero-order chi connectivity index (χ0) is 28.3. The van der Waals surface area contributed by atoms with Gasteiger partial charge in [-0.2, -0.15) is 0 Å². The number of carbonyl (C=O) groups excluding carboxylic acids is 2. The van der Waals surface area contributed by atoms with Crippen molar-refractivity contribution in [2.45, 2.75) is 52.6 Å². The first kappa shape index (κ1) is 27.9. The fraction of sp³-hybridized carbons (Fsp3) is 0.344. The predicted octanol–water partition coefficient (Wildman–Crippen LogP) is 5.86. The van der Waals surface area contributed by atoms with Crippen LogP contribution in [0.15, 0.2) is 72.6 Å². The van der Waals surface area contributed by atoms with Crippen LogP contribution in [-0.4, -0.2) is 46.9 Å². The number of nitrogens with zero attached hydrogens (tertiary/aromatic N) is 3. The van der Waals surface area contributed by atoms with E-state index in [0.29, 0.717) is 11.3 Å². The van der Waals surface area contributed by atoms with E-state index in [4.69, 9.17) is 4.74 Å². The number of rotatable bonds is 8. The SMILES string of the molecule is CCN(CC)c1ccc(C2/C(=C(\O)c3cc(C(C)(C)C)ccc3OC)C(=O)C(=O)N2Cc2cccnc2)cc1. The van der Waals surface area contributed by atoms with Crippen LogP contribution in [0, 0.1) is 0 Å². The second-order valence-corrected chi connectivity index (χ2v) is 10.7. The lowest BCUT2D eigenvalue weighted by molar-refractivity contribution is -0.140. The molecule has 0 aliphatic carbocycles. The van der Waals surface area contributed by atoms with Crippen LogP contribution in [-0.2, 0) is 21.5 Å². The van der Waals surface area contributed by atoms with Crippen molar-refractivity contribution in [1.29, 1.82) is 0 Å². The molecule has 1 aromatic heterocycles. The van der Waals surface area contributed by atoms with Gasteiger partial charge in [-0.15, -0.1) is 0 Å². The number of aliphatic hydroxyl groups excluding tert-OH is 1. The Kier molecular flexibility index (Phi) is 8.09. The monoisotopic (exact) mass is 527 g/mol. The third-order valence-electron chi connectivity index (χ3n) is 7.27. The molecular weight excluding hydrogens is 490 g/mol. The minimum Gasteiger partial charge on any atom is -0.507 e. The molecule has 1 atom stereocenters. The standard InChI is InChI=1S/C32H37N3O4/c1-7-34(8-2)24-14-11-22(12-15-24)28-27(30(37)31(38)35(28)20-21-10-9-17-33-19-21)29(36)25-18-23(32(3,4)5)13-16-26(25)39-6/h9-19,28,36H,7-8,20H2,1-6H3/b29-27+. The van der Waals surface area contributed by atoms with E-state index >= 15 is 0 Å². The number of methoxy groups -OCH3 is 1. The third kappa shape index (κ3) is 5.53. The number of anilines is 1. The Morgan fingerprint density at radius 2 is 1.74 bits per heavy atom. The molecule has 1 fully saturated rings. The van der Waals surface area contributed by atoms with Gasteiger partial charge in [-0.05, 0) is 66.3 Å². The first-order valence-corrected chi connectivity index (χ1v) is 13.3. The molecule has 1 amide bonds. The highest BCUT2D eigenvalue weighted by atomic mass is 16.5. The Bertz CT molecular complexity index is 1370. The second kappa shape index (κ2) is 11.3. The average molecular weight is 528 g/mol. The molecule has 1 saturated heterocycles. The number of likely N-dealkylation sites (tertiary alicyclic amines) is 1. The zero-order valence-electron chi connectivity index (χ0n) is 23.6. The lowest BCUT2D eigenvalue weighted by Crippen LogP contribution is -2.29. The van der Waals surface area contributed by atoms with Crippen molar-refractivity contribution in [3.05, 3.63) is 94.8 Å². The van der Waals surface area contributed by atoms with Crippen LogP contribution in [0.2, 0.25) is 0 Å². The zero-order valence-corrected chi connectivity index (χ0v) is 23.6. The van der Waals surface area contributed by atoms with E-state index in [9.17, 15) is 14.7 Å². The van der Waals surface area contributed by atoms with Gasteiger partial charge in [0.15, 0.2) is 0 Å². The summed E-state index contributed by atoms with van der Waals surface area (Å²) in [5, 5.41) is 11.7. The molecular formula is C32H37N3O4. The molecule has 39 heavy (non-hydrogen) atoms. The van der Waals surface area contributed by atoms with Gasteiger partial charge in [-0.1, -0.05) is 45.0 Å². The van der Waals surface area contributed by atoms with Crippen molar-refractivity contribution >= 4 is 23.1 Å². The van der Waals surface area contributed by atoms with Crippen LogP contribution in [0.3, 0.4) is 0 Å². The number of ether oxygens (including phenoxy) is 1. The normalized spacial score (nSPS) is 17.0. The summed E-state index contributed by atoms with van der Waals surface area (Å²) in [6.45, 7) is 12.3. The summed E-state index contributed by atoms with van der Waals surface area (Å²) in [6, 6.07) is 16.3. The van der Waals surface area contributed by atoms with Crippen molar-refractivity contribution in [2.75, 3.05) is 25.1 Å². The first-order valence-electron chi connectivity index (χ1n) is 13.3. The van der Waals surface area contributed by atoms with Gasteiger partial charge in [0.1, 0.15) is 11.5 Å². The van der Waals surface area contributed by atoms with Crippen molar-refractivity contribution in [3.8, 4) is 5.75 Å². The third-order valence-corrected chi connectivity index (χ3v) is 7.27. The lowest BCUT2D eigenvalue weighted by Gasteiger charge is -2.27. The minimum atomic E-state index is -0.779. The van der Waals surface area contributed by atoms with Crippen LogP contribution in [0.4, 0.5) is 5.69 Å². The first-order chi connectivity index (χ1) is 18.6. The molecule has 1 unspecified atom stereocenters. The Morgan fingerprint density at radius 1 is 1.05 bits per heavy atom. The van der Waals surface area contributed by atoms with Crippen LogP contribution in [0.5, 0.6) is 5.75 Å². The maximum absolute atomic E-state index is 13.6. The lowest BCUT2D eigenvalue weighted by atomic mass is 9.85. The highest BCUT2D eigenvalue weighted by Crippen LogP contribution is 2.42. The summed E-state index contributed by atoms with van der Waals surface area (Å²) in [5.74, 6) is -1.21. The highest BCUT2D eigenvalue weighted by Gasteiger charge is 2.46. The second-order valence-electron chi connectivity index (χ2n) is 10.7. The van der Waals surface area contributed by atoms with Crippen molar-refractivity contribution in [3.63, 3.8) is 0 Å². The number of hydrogen-bond acceptors (Lipinski definition) is 6. The molecule has 204 valence electrons. The van der Waals surface area contributed by atoms with Gasteiger partial charge in [-0.25, -0.2) is 0 Å². The number of aromatic nitrogens is 1. The molecule has 0 saturated carbocycles. The molecule has 1 N–H and O–H groups in total. The molecule has 0 bridgehead atoms. The van der Waals surface area contributed by atoms with Gasteiger partial charge in [0.2, 0.25) is 0 Å². The number of pyridine rings is 1. The number of carbonyl (C=O) groups is 2. The topological polar surface area (TPSA) is 83.0 Å². The van der Waals surface area contributed by atoms with Gasteiger partial charge in [0, 0.05) is 37.7 Å². The van der Waals surface area contributed by atoms with Gasteiger partial charge in [0.25, 0.3) is 11.7 Å². The molecule has 1 aliphatic heterocycles. The van der Waals surface area contributed by atoms with E-state index in [1.54, 1.807) is 24.5 Å². The van der Waals surface area contributed by atoms with Crippen molar-refractivity contribution in [2.24, 2.45) is 0 Å². The van der Waals surface area contributed by atoms with Gasteiger partial charge in [0.05, 0.1) is 24.3 Å². The van der Waals surface area contributed by atoms with Gasteiger partial charge in [-0.3, -0.25) is 14.6 Å². The van der Waals surface area contributed by atoms with Crippen LogP contribution >= 0.6 is 0 Å². The fourth-order valence-corrected chi connectivity index (χ4v) is 5.04. The molecule has 7 nitrogen and oxygen atoms in total. The molecule has 1 aliphatic rings. The van der Waals surface area contributed by atoms with E-state index in [1.165, 1.54) is 12.0 Å². The number of aliphatic hydroxyl groups is 1. The number of benzene rings is 2. The molecule has 2 aromatic carbocycles. The van der Waals surface area contributed by atoms with Gasteiger partial charge < -0.3 is 19.6 Å². The molecule has 7 heteroatoms. The van der Waals surface area contributed by atoms with Crippen LogP contribution in [0.25, 0.3) is 5.76 Å². The Balaban J connectivity index is 1.91. The van der Waals surface area contributed by atoms with E-state index in [2.05, 4.69) is 44.5 Å². The summed E-state index contributed by atoms with van der Waals surface area (Å²) in [4.78, 5) is 34.9. The summed E-state index contributed by atoms with van der Waals surface area (Å²) >= 11 is 0. The predicted molar refractivity (Wildman–Crippen MR) is 154 cm³/mol. The van der Waals surface area contributed by atoms with Crippen molar-refractivity contribution in [1.82, 2.24) is 9.88 Å². The Labute approximate surface area is 230 Å². The van der Waals surface area contributed by atoms with E-state index in [-0.39, 0.29) is 23.3 Å². The molecule has 2 heterocycles. The van der Waals surface area contributed by atoms with E-state index in [1.807, 2.05) is 42.5 Å². The fourth-order valence-electron chi connectivity index (χ4n) is 5.04. The number of hydrogen-bond donors (Lipinski definition) is 1. The van der Waals surface area contributed by atoms with Crippen LogP contribution < -0.4 is 9.64 Å². The molecule has 0 radical (unpaired) electrons. The smallest absolute Gasteiger partial charge is 0.295 e.